The smallest absolute Gasteiger partial charge is 0.490 e. The number of aliphatic hydroxyl groups is 2. The first-order chi connectivity index (χ1) is 28.2. The van der Waals surface area contributed by atoms with Crippen molar-refractivity contribution in [3.8, 4) is 5.75 Å². The van der Waals surface area contributed by atoms with Gasteiger partial charge in [0.15, 0.2) is 17.0 Å². The minimum atomic E-state index is -5.08. The van der Waals surface area contributed by atoms with Crippen LogP contribution in [0, 0.1) is 0 Å². The number of rotatable bonds is 11. The average Bonchev–Trinajstić information content (AvgIpc) is 3.94. The molecule has 3 amide bonds. The number of aliphatic carboxylic acids is 1. The van der Waals surface area contributed by atoms with E-state index < -0.39 is 36.4 Å². The van der Waals surface area contributed by atoms with E-state index in [0.29, 0.717) is 54.7 Å². The van der Waals surface area contributed by atoms with Crippen LogP contribution < -0.4 is 26.2 Å². The second-order valence-corrected chi connectivity index (χ2v) is 14.1. The number of anilines is 3. The molecule has 5 aromatic rings. The summed E-state index contributed by atoms with van der Waals surface area (Å²) in [4.78, 5) is 50.6. The Balaban J connectivity index is 0.000000768. The number of carbonyl (C=O) groups is 3. The maximum atomic E-state index is 12.8. The lowest BCUT2D eigenvalue weighted by Gasteiger charge is -2.22. The Morgan fingerprint density at radius 2 is 1.53 bits per heavy atom. The number of carboxylic acids is 1. The Bertz CT molecular complexity index is 2170. The molecule has 7 rings (SSSR count). The van der Waals surface area contributed by atoms with Gasteiger partial charge in [0.1, 0.15) is 18.0 Å². The van der Waals surface area contributed by atoms with E-state index in [0.717, 1.165) is 11.1 Å². The van der Waals surface area contributed by atoms with Crippen molar-refractivity contribution < 1.29 is 48.0 Å². The van der Waals surface area contributed by atoms with Gasteiger partial charge in [0.05, 0.1) is 18.4 Å². The van der Waals surface area contributed by atoms with Crippen LogP contribution in [-0.4, -0.2) is 108 Å². The summed E-state index contributed by atoms with van der Waals surface area (Å²) < 4.78 is 33.5. The van der Waals surface area contributed by atoms with Crippen molar-refractivity contribution in [3.63, 3.8) is 0 Å². The largest absolute Gasteiger partial charge is 0.508 e. The van der Waals surface area contributed by atoms with E-state index in [2.05, 4.69) is 45.5 Å². The van der Waals surface area contributed by atoms with Crippen molar-refractivity contribution in [2.24, 2.45) is 0 Å². The number of hydrogen-bond acceptors (Lipinski definition) is 11. The maximum absolute atomic E-state index is 12.8. The molecule has 0 radical (unpaired) electrons. The highest BCUT2D eigenvalue weighted by molar-refractivity contribution is 5.89. The van der Waals surface area contributed by atoms with Gasteiger partial charge in [0, 0.05) is 43.7 Å². The number of benzene rings is 3. The summed E-state index contributed by atoms with van der Waals surface area (Å²) in [5.41, 5.74) is 3.82. The highest BCUT2D eigenvalue weighted by Gasteiger charge is 2.44. The number of phenols is 1. The van der Waals surface area contributed by atoms with Gasteiger partial charge in [-0.25, -0.2) is 14.6 Å². The second kappa shape index (κ2) is 18.4. The van der Waals surface area contributed by atoms with E-state index in [1.54, 1.807) is 30.0 Å². The summed E-state index contributed by atoms with van der Waals surface area (Å²) in [6.45, 7) is 3.27. The SMILES string of the molecule is CCC(=O)N[C@H]1C[C@@H](n2cnc3c(NCC(c4ccccc4)c4ccccc4)nc(N4CC[C@@H](NC(=O)Nc5ccc(O)cc5)C4)nc32)[C@H](O)[C@@H]1O.O=C(O)C(F)(F)F. The number of alkyl halides is 3. The molecular formula is C40H44F3N9O7. The first kappa shape index (κ1) is 42.1. The average molecular weight is 820 g/mol. The fraction of sp³-hybridized carbons (Fsp3) is 0.350. The number of aromatic hydroxyl groups is 1. The Morgan fingerprint density at radius 1 is 0.898 bits per heavy atom. The Morgan fingerprint density at radius 3 is 2.12 bits per heavy atom. The lowest BCUT2D eigenvalue weighted by atomic mass is 9.91. The van der Waals surface area contributed by atoms with Crippen LogP contribution in [0.2, 0.25) is 0 Å². The minimum absolute atomic E-state index is 0.000138. The third kappa shape index (κ3) is 10.3. The number of aromatic nitrogens is 4. The number of urea groups is 1. The first-order valence-corrected chi connectivity index (χ1v) is 18.9. The van der Waals surface area contributed by atoms with Gasteiger partial charge in [-0.15, -0.1) is 0 Å². The second-order valence-electron chi connectivity index (χ2n) is 14.1. The molecule has 312 valence electrons. The number of phenolic OH excluding ortho intramolecular Hbond substituents is 1. The summed E-state index contributed by atoms with van der Waals surface area (Å²) in [7, 11) is 0. The molecule has 0 bridgehead atoms. The van der Waals surface area contributed by atoms with E-state index in [9.17, 15) is 38.1 Å². The number of nitrogens with one attached hydrogen (secondary N) is 4. The number of nitrogens with zero attached hydrogens (tertiary/aromatic N) is 5. The van der Waals surface area contributed by atoms with Gasteiger partial charge >= 0.3 is 18.2 Å². The van der Waals surface area contributed by atoms with Crippen molar-refractivity contribution in [3.05, 3.63) is 102 Å². The van der Waals surface area contributed by atoms with Gasteiger partial charge in [-0.05, 0) is 48.2 Å². The monoisotopic (exact) mass is 819 g/mol. The van der Waals surface area contributed by atoms with Gasteiger partial charge in [-0.1, -0.05) is 67.6 Å². The number of amides is 3. The molecule has 0 spiro atoms. The summed E-state index contributed by atoms with van der Waals surface area (Å²) in [6, 6.07) is 25.0. The zero-order valence-corrected chi connectivity index (χ0v) is 31.8. The van der Waals surface area contributed by atoms with Crippen molar-refractivity contribution in [1.82, 2.24) is 30.2 Å². The molecule has 3 aromatic carbocycles. The van der Waals surface area contributed by atoms with E-state index >= 15 is 0 Å². The fourth-order valence-electron chi connectivity index (χ4n) is 7.10. The number of fused-ring (bicyclic) bond motifs is 1. The number of aliphatic hydroxyl groups excluding tert-OH is 2. The number of hydrogen-bond donors (Lipinski definition) is 8. The number of imidazole rings is 1. The van der Waals surface area contributed by atoms with Gasteiger partial charge in [0.25, 0.3) is 0 Å². The predicted molar refractivity (Wildman–Crippen MR) is 211 cm³/mol. The summed E-state index contributed by atoms with van der Waals surface area (Å²) in [6.07, 6.45) is -4.59. The molecule has 59 heavy (non-hydrogen) atoms. The minimum Gasteiger partial charge on any atom is -0.508 e. The van der Waals surface area contributed by atoms with Gasteiger partial charge in [-0.2, -0.15) is 23.1 Å². The van der Waals surface area contributed by atoms with Crippen LogP contribution in [0.15, 0.2) is 91.3 Å². The van der Waals surface area contributed by atoms with Crippen LogP contribution in [0.3, 0.4) is 0 Å². The van der Waals surface area contributed by atoms with Crippen LogP contribution in [-0.2, 0) is 9.59 Å². The summed E-state index contributed by atoms with van der Waals surface area (Å²) in [5.74, 6) is -1.90. The molecule has 1 saturated heterocycles. The zero-order valence-electron chi connectivity index (χ0n) is 31.8. The van der Waals surface area contributed by atoms with E-state index in [-0.39, 0.29) is 42.5 Å². The molecule has 1 aliphatic heterocycles. The van der Waals surface area contributed by atoms with Crippen molar-refractivity contribution >= 4 is 46.5 Å². The van der Waals surface area contributed by atoms with Crippen LogP contribution in [0.25, 0.3) is 11.2 Å². The standard InChI is InChI=1S/C38H43N9O5.C2HF3O2/c1-2-31(49)43-29-19-30(34(51)33(29)50)47-22-40-32-35(39-20-28(23-9-5-3-6-10-23)24-11-7-4-8-12-24)44-37(45-36(32)47)46-18-17-26(21-46)42-38(52)41-25-13-15-27(48)16-14-25;3-2(4,5)1(6)7/h3-16,22,26,28-30,33-34,48,50-51H,2,17-21H2,1H3,(H,43,49)(H,39,44,45)(H2,41,42,52);(H,6,7)/t26-,29+,30-,33-,34+;/m1./s1. The molecule has 8 N–H and O–H groups in total. The van der Waals surface area contributed by atoms with E-state index in [1.165, 1.54) is 12.1 Å². The molecule has 3 heterocycles. The van der Waals surface area contributed by atoms with E-state index in [4.69, 9.17) is 24.9 Å². The molecule has 1 aliphatic carbocycles. The van der Waals surface area contributed by atoms with Gasteiger partial charge < -0.3 is 51.2 Å². The topological polar surface area (TPSA) is 227 Å². The van der Waals surface area contributed by atoms with Crippen LogP contribution in [0.4, 0.5) is 35.4 Å². The van der Waals surface area contributed by atoms with E-state index in [1.807, 2.05) is 41.3 Å². The highest BCUT2D eigenvalue weighted by atomic mass is 19.4. The summed E-state index contributed by atoms with van der Waals surface area (Å²) >= 11 is 0. The predicted octanol–water partition coefficient (Wildman–Crippen LogP) is 4.37. The van der Waals surface area contributed by atoms with Gasteiger partial charge in [0.2, 0.25) is 11.9 Å². The number of halogens is 3. The van der Waals surface area contributed by atoms with Crippen molar-refractivity contribution in [2.45, 2.75) is 68.6 Å². The van der Waals surface area contributed by atoms with Crippen LogP contribution in [0.1, 0.15) is 49.3 Å². The molecule has 5 atom stereocenters. The molecule has 1 saturated carbocycles. The highest BCUT2D eigenvalue weighted by Crippen LogP contribution is 2.35. The lowest BCUT2D eigenvalue weighted by molar-refractivity contribution is -0.192. The summed E-state index contributed by atoms with van der Waals surface area (Å²) in [5, 5.41) is 51.0. The molecule has 16 nitrogen and oxygen atoms in total. The quantitative estimate of drug-likeness (QED) is 0.0870. The number of carboxylic acid groups (broad SMARTS) is 1. The third-order valence-electron chi connectivity index (χ3n) is 10.1. The Kier molecular flexibility index (Phi) is 13.2. The zero-order chi connectivity index (χ0) is 42.3. The Hall–Kier alpha value is -6.47. The molecule has 2 fully saturated rings. The Labute approximate surface area is 336 Å². The maximum Gasteiger partial charge on any atom is 0.490 e. The molecule has 2 aliphatic rings. The van der Waals surface area contributed by atoms with Crippen molar-refractivity contribution in [2.75, 3.05) is 35.2 Å². The van der Waals surface area contributed by atoms with Crippen LogP contribution in [0.5, 0.6) is 5.75 Å². The van der Waals surface area contributed by atoms with Gasteiger partial charge in [-0.3, -0.25) is 4.79 Å². The molecular weight excluding hydrogens is 775 g/mol. The third-order valence-corrected chi connectivity index (χ3v) is 10.1. The normalized spacial score (nSPS) is 20.2. The van der Waals surface area contributed by atoms with Crippen LogP contribution >= 0.6 is 0 Å². The lowest BCUT2D eigenvalue weighted by Crippen LogP contribution is -2.42. The number of carbonyl (C=O) groups excluding carboxylic acids is 2. The molecule has 0 unspecified atom stereocenters. The fourth-order valence-corrected chi connectivity index (χ4v) is 7.10. The first-order valence-electron chi connectivity index (χ1n) is 18.9. The van der Waals surface area contributed by atoms with Crippen molar-refractivity contribution in [1.29, 1.82) is 0 Å². The molecule has 2 aromatic heterocycles. The molecule has 19 heteroatoms.